The maximum Gasteiger partial charge on any atom is 0.263 e. The summed E-state index contributed by atoms with van der Waals surface area (Å²) in [4.78, 5) is 35.7. The van der Waals surface area contributed by atoms with Crippen molar-refractivity contribution in [3.8, 4) is 0 Å². The van der Waals surface area contributed by atoms with E-state index in [2.05, 4.69) is 11.8 Å². The van der Waals surface area contributed by atoms with Gasteiger partial charge in [0, 0.05) is 29.6 Å². The van der Waals surface area contributed by atoms with E-state index in [1.165, 1.54) is 35.0 Å². The summed E-state index contributed by atoms with van der Waals surface area (Å²) in [6, 6.07) is 9.58. The van der Waals surface area contributed by atoms with E-state index >= 15 is 0 Å². The molecule has 7 heteroatoms. The summed E-state index contributed by atoms with van der Waals surface area (Å²) >= 11 is 3.08. The van der Waals surface area contributed by atoms with Gasteiger partial charge in [-0.25, -0.2) is 4.98 Å². The topological polar surface area (TPSA) is 55.2 Å². The molecule has 0 bridgehead atoms. The molecule has 5 rings (SSSR count). The van der Waals surface area contributed by atoms with Crippen LogP contribution >= 0.6 is 23.1 Å². The predicted molar refractivity (Wildman–Crippen MR) is 128 cm³/mol. The zero-order chi connectivity index (χ0) is 21.4. The highest BCUT2D eigenvalue weighted by molar-refractivity contribution is 7.99. The van der Waals surface area contributed by atoms with Crippen molar-refractivity contribution in [3.05, 3.63) is 56.7 Å². The molecule has 3 aromatic rings. The summed E-state index contributed by atoms with van der Waals surface area (Å²) in [6.07, 6.45) is 5.38. The van der Waals surface area contributed by atoms with Gasteiger partial charge in [-0.1, -0.05) is 55.4 Å². The minimum absolute atomic E-state index is 0.0688. The molecule has 162 valence electrons. The Hall–Kier alpha value is -1.96. The number of Topliss-reactive ketones (excluding diaryl/α,β-unsaturated/α-hetero) is 1. The summed E-state index contributed by atoms with van der Waals surface area (Å²) < 4.78 is 1.88. The van der Waals surface area contributed by atoms with E-state index in [9.17, 15) is 9.59 Å². The lowest BCUT2D eigenvalue weighted by atomic mass is 10.1. The summed E-state index contributed by atoms with van der Waals surface area (Å²) in [5.41, 5.74) is 2.02. The van der Waals surface area contributed by atoms with Crippen LogP contribution in [0.25, 0.3) is 10.2 Å². The van der Waals surface area contributed by atoms with Crippen LogP contribution in [0.2, 0.25) is 0 Å². The van der Waals surface area contributed by atoms with Crippen molar-refractivity contribution >= 4 is 39.1 Å². The average Bonchev–Trinajstić information content (AvgIpc) is 3.56. The van der Waals surface area contributed by atoms with Crippen molar-refractivity contribution < 1.29 is 4.79 Å². The third-order valence-electron chi connectivity index (χ3n) is 6.12. The summed E-state index contributed by atoms with van der Waals surface area (Å²) in [5, 5.41) is 1.53. The number of carbonyl (C=O) groups excluding carboxylic acids is 1. The third-order valence-corrected chi connectivity index (χ3v) is 8.18. The highest BCUT2D eigenvalue weighted by atomic mass is 32.2. The number of carbonyl (C=O) groups is 1. The van der Waals surface area contributed by atoms with Gasteiger partial charge in [-0.15, -0.1) is 11.3 Å². The van der Waals surface area contributed by atoms with Crippen LogP contribution in [0, 0.1) is 0 Å². The van der Waals surface area contributed by atoms with E-state index in [0.29, 0.717) is 16.5 Å². The summed E-state index contributed by atoms with van der Waals surface area (Å²) in [7, 11) is 0. The lowest BCUT2D eigenvalue weighted by molar-refractivity contribution is 0.102. The van der Waals surface area contributed by atoms with E-state index in [-0.39, 0.29) is 17.4 Å². The first kappa shape index (κ1) is 20.9. The standard InChI is InChI=1S/C24H27N3O2S2/c1-2-3-12-26-13-11-18-20(14-26)31-22-21(18)23(29)27(17-9-10-17)24(25-22)30-15-19(28)16-7-5-4-6-8-16/h4-8,17H,2-3,9-15H2,1H3. The number of rotatable bonds is 8. The first-order chi connectivity index (χ1) is 15.2. The molecule has 1 saturated carbocycles. The van der Waals surface area contributed by atoms with E-state index in [1.807, 2.05) is 34.9 Å². The van der Waals surface area contributed by atoms with Gasteiger partial charge in [-0.05, 0) is 37.8 Å². The number of nitrogens with zero attached hydrogens (tertiary/aromatic N) is 3. The molecular formula is C24H27N3O2S2. The third kappa shape index (κ3) is 4.23. The Morgan fingerprint density at radius 1 is 1.26 bits per heavy atom. The molecule has 0 N–H and O–H groups in total. The second-order valence-electron chi connectivity index (χ2n) is 8.44. The van der Waals surface area contributed by atoms with Gasteiger partial charge in [0.15, 0.2) is 10.9 Å². The molecule has 0 saturated heterocycles. The molecule has 1 fully saturated rings. The fourth-order valence-electron chi connectivity index (χ4n) is 4.26. The summed E-state index contributed by atoms with van der Waals surface area (Å²) in [6.45, 7) is 5.28. The van der Waals surface area contributed by atoms with Crippen LogP contribution in [0.5, 0.6) is 0 Å². The van der Waals surface area contributed by atoms with Crippen LogP contribution in [0.1, 0.15) is 59.4 Å². The first-order valence-electron chi connectivity index (χ1n) is 11.2. The number of ketones is 1. The number of aromatic nitrogens is 2. The van der Waals surface area contributed by atoms with Gasteiger partial charge in [0.2, 0.25) is 0 Å². The average molecular weight is 454 g/mol. The van der Waals surface area contributed by atoms with Crippen molar-refractivity contribution in [3.63, 3.8) is 0 Å². The van der Waals surface area contributed by atoms with Crippen LogP contribution in [0.15, 0.2) is 40.3 Å². The molecule has 3 heterocycles. The van der Waals surface area contributed by atoms with Crippen LogP contribution in [-0.2, 0) is 13.0 Å². The van der Waals surface area contributed by atoms with Crippen molar-refractivity contribution in [2.24, 2.45) is 0 Å². The largest absolute Gasteiger partial charge is 0.298 e. The Morgan fingerprint density at radius 3 is 2.81 bits per heavy atom. The SMILES string of the molecule is CCCCN1CCc2c(sc3nc(SCC(=O)c4ccccc4)n(C4CC4)c(=O)c23)C1. The van der Waals surface area contributed by atoms with Crippen molar-refractivity contribution in [2.75, 3.05) is 18.8 Å². The first-order valence-corrected chi connectivity index (χ1v) is 13.0. The van der Waals surface area contributed by atoms with Gasteiger partial charge in [-0.3, -0.25) is 19.1 Å². The maximum atomic E-state index is 13.5. The Labute approximate surface area is 190 Å². The molecular weight excluding hydrogens is 426 g/mol. The highest BCUT2D eigenvalue weighted by Gasteiger charge is 2.31. The number of thiophene rings is 1. The molecule has 31 heavy (non-hydrogen) atoms. The number of unbranched alkanes of at least 4 members (excludes halogenated alkanes) is 1. The Morgan fingerprint density at radius 2 is 2.06 bits per heavy atom. The smallest absolute Gasteiger partial charge is 0.263 e. The molecule has 1 aliphatic carbocycles. The fraction of sp³-hybridized carbons (Fsp3) is 0.458. The van der Waals surface area contributed by atoms with Gasteiger partial charge >= 0.3 is 0 Å². The molecule has 0 unspecified atom stereocenters. The van der Waals surface area contributed by atoms with Crippen molar-refractivity contribution in [1.82, 2.24) is 14.5 Å². The lowest BCUT2D eigenvalue weighted by Crippen LogP contribution is -2.31. The van der Waals surface area contributed by atoms with Gasteiger partial charge in [0.25, 0.3) is 5.56 Å². The number of hydrogen-bond acceptors (Lipinski definition) is 6. The molecule has 1 aliphatic heterocycles. The predicted octanol–water partition coefficient (Wildman–Crippen LogP) is 4.93. The molecule has 2 aliphatic rings. The Kier molecular flexibility index (Phi) is 5.99. The van der Waals surface area contributed by atoms with E-state index < -0.39 is 0 Å². The fourth-order valence-corrected chi connectivity index (χ4v) is 6.52. The van der Waals surface area contributed by atoms with E-state index in [4.69, 9.17) is 4.98 Å². The molecule has 1 aromatic carbocycles. The highest BCUT2D eigenvalue weighted by Crippen LogP contribution is 2.39. The van der Waals surface area contributed by atoms with Crippen molar-refractivity contribution in [1.29, 1.82) is 0 Å². The number of thioether (sulfide) groups is 1. The molecule has 5 nitrogen and oxygen atoms in total. The quantitative estimate of drug-likeness (QED) is 0.275. The van der Waals surface area contributed by atoms with E-state index in [0.717, 1.165) is 49.1 Å². The second-order valence-corrected chi connectivity index (χ2v) is 10.5. The molecule has 0 amide bonds. The zero-order valence-corrected chi connectivity index (χ0v) is 19.4. The van der Waals surface area contributed by atoms with Crippen LogP contribution in [0.4, 0.5) is 0 Å². The monoisotopic (exact) mass is 453 g/mol. The number of benzene rings is 1. The van der Waals surface area contributed by atoms with Gasteiger partial charge in [-0.2, -0.15) is 0 Å². The molecule has 2 aromatic heterocycles. The minimum Gasteiger partial charge on any atom is -0.298 e. The minimum atomic E-state index is 0.0688. The normalized spacial score (nSPS) is 16.5. The van der Waals surface area contributed by atoms with Crippen LogP contribution in [0.3, 0.4) is 0 Å². The molecule has 0 radical (unpaired) electrons. The lowest BCUT2D eigenvalue weighted by Gasteiger charge is -2.26. The summed E-state index contributed by atoms with van der Waals surface area (Å²) in [5.74, 6) is 0.365. The zero-order valence-electron chi connectivity index (χ0n) is 17.8. The van der Waals surface area contributed by atoms with Crippen LogP contribution < -0.4 is 5.56 Å². The Bertz CT molecular complexity index is 1170. The maximum absolute atomic E-state index is 13.5. The number of fused-ring (bicyclic) bond motifs is 3. The van der Waals surface area contributed by atoms with Gasteiger partial charge in [0.1, 0.15) is 4.83 Å². The van der Waals surface area contributed by atoms with Crippen molar-refractivity contribution in [2.45, 2.75) is 56.8 Å². The van der Waals surface area contributed by atoms with Crippen LogP contribution in [-0.4, -0.2) is 39.1 Å². The number of hydrogen-bond donors (Lipinski definition) is 0. The van der Waals surface area contributed by atoms with Gasteiger partial charge in [0.05, 0.1) is 11.1 Å². The van der Waals surface area contributed by atoms with Gasteiger partial charge < -0.3 is 0 Å². The molecule has 0 atom stereocenters. The van der Waals surface area contributed by atoms with E-state index in [1.54, 1.807) is 11.3 Å². The molecule has 0 spiro atoms. The Balaban J connectivity index is 1.46. The second kappa shape index (κ2) is 8.88.